The molecule has 3 heteroatoms. The number of likely N-dealkylation sites (N-methyl/N-ethyl adjacent to an activating group) is 1. The normalized spacial score (nSPS) is 38.8. The Bertz CT molecular complexity index is 253. The second-order valence-corrected chi connectivity index (χ2v) is 6.33. The number of hydrogen-bond donors (Lipinski definition) is 2. The highest BCUT2D eigenvalue weighted by Gasteiger charge is 2.39. The lowest BCUT2D eigenvalue weighted by atomic mass is 9.98. The van der Waals surface area contributed by atoms with Crippen LogP contribution < -0.4 is 5.32 Å². The van der Waals surface area contributed by atoms with Gasteiger partial charge in [-0.1, -0.05) is 13.3 Å². The van der Waals surface area contributed by atoms with Crippen molar-refractivity contribution in [2.45, 2.75) is 63.5 Å². The summed E-state index contributed by atoms with van der Waals surface area (Å²) >= 11 is 0. The third-order valence-electron chi connectivity index (χ3n) is 5.39. The summed E-state index contributed by atoms with van der Waals surface area (Å²) in [6.45, 7) is 5.15. The number of rotatable bonds is 4. The maximum absolute atomic E-state index is 9.59. The molecule has 1 saturated carbocycles. The van der Waals surface area contributed by atoms with E-state index in [1.54, 1.807) is 0 Å². The fraction of sp³-hybridized carbons (Fsp3) is 1.00. The van der Waals surface area contributed by atoms with Crippen LogP contribution in [0.25, 0.3) is 0 Å². The molecule has 1 aliphatic carbocycles. The molecule has 3 atom stereocenters. The lowest BCUT2D eigenvalue weighted by molar-refractivity contribution is 0.149. The Morgan fingerprint density at radius 3 is 2.72 bits per heavy atom. The summed E-state index contributed by atoms with van der Waals surface area (Å²) in [7, 11) is 1.99. The van der Waals surface area contributed by atoms with Gasteiger partial charge in [0.05, 0.1) is 6.61 Å². The van der Waals surface area contributed by atoms with E-state index in [0.717, 1.165) is 18.8 Å². The summed E-state index contributed by atoms with van der Waals surface area (Å²) in [5.41, 5.74) is 0.00112. The quantitative estimate of drug-likeness (QED) is 0.805. The number of hydrogen-bond acceptors (Lipinski definition) is 3. The summed E-state index contributed by atoms with van der Waals surface area (Å²) in [5.74, 6) is 0.948. The topological polar surface area (TPSA) is 35.5 Å². The van der Waals surface area contributed by atoms with Crippen LogP contribution in [-0.4, -0.2) is 48.3 Å². The first-order valence-electron chi connectivity index (χ1n) is 7.77. The minimum absolute atomic E-state index is 0.00112. The SMILES string of the molecule is CCC1CCCN(C2CCC(CO)(NC)C2)CC1. The molecule has 0 radical (unpaired) electrons. The zero-order chi connectivity index (χ0) is 13.0. The Balaban J connectivity index is 1.89. The lowest BCUT2D eigenvalue weighted by Gasteiger charge is -2.31. The zero-order valence-corrected chi connectivity index (χ0v) is 12.1. The molecule has 1 aliphatic heterocycles. The molecule has 2 N–H and O–H groups in total. The van der Waals surface area contributed by atoms with Gasteiger partial charge in [0.15, 0.2) is 0 Å². The van der Waals surface area contributed by atoms with Crippen molar-refractivity contribution in [2.24, 2.45) is 5.92 Å². The number of aliphatic hydroxyl groups is 1. The third-order valence-corrected chi connectivity index (χ3v) is 5.39. The molecule has 2 rings (SSSR count). The Kier molecular flexibility index (Phi) is 5.05. The van der Waals surface area contributed by atoms with Gasteiger partial charge in [0, 0.05) is 11.6 Å². The fourth-order valence-corrected chi connectivity index (χ4v) is 3.82. The Labute approximate surface area is 112 Å². The van der Waals surface area contributed by atoms with Crippen molar-refractivity contribution in [1.29, 1.82) is 0 Å². The minimum atomic E-state index is 0.00112. The smallest absolute Gasteiger partial charge is 0.0613 e. The van der Waals surface area contributed by atoms with Gasteiger partial charge >= 0.3 is 0 Å². The monoisotopic (exact) mass is 254 g/mol. The van der Waals surface area contributed by atoms with Crippen LogP contribution in [0.1, 0.15) is 51.9 Å². The second-order valence-electron chi connectivity index (χ2n) is 6.33. The van der Waals surface area contributed by atoms with Gasteiger partial charge in [0.1, 0.15) is 0 Å². The molecular weight excluding hydrogens is 224 g/mol. The number of aliphatic hydroxyl groups excluding tert-OH is 1. The highest BCUT2D eigenvalue weighted by atomic mass is 16.3. The molecule has 18 heavy (non-hydrogen) atoms. The van der Waals surface area contributed by atoms with Crippen LogP contribution in [0, 0.1) is 5.92 Å². The van der Waals surface area contributed by atoms with Gasteiger partial charge in [0.2, 0.25) is 0 Å². The molecule has 1 heterocycles. The molecule has 2 fully saturated rings. The van der Waals surface area contributed by atoms with Crippen LogP contribution in [0.5, 0.6) is 0 Å². The molecule has 0 amide bonds. The molecule has 0 aromatic heterocycles. The van der Waals surface area contributed by atoms with Crippen molar-refractivity contribution in [2.75, 3.05) is 26.7 Å². The van der Waals surface area contributed by atoms with E-state index in [1.807, 2.05) is 7.05 Å². The third kappa shape index (κ3) is 3.06. The predicted octanol–water partition coefficient (Wildman–Crippen LogP) is 2.00. The number of nitrogens with one attached hydrogen (secondary N) is 1. The van der Waals surface area contributed by atoms with E-state index >= 15 is 0 Å². The number of likely N-dealkylation sites (tertiary alicyclic amines) is 1. The van der Waals surface area contributed by atoms with E-state index in [1.165, 1.54) is 45.2 Å². The van der Waals surface area contributed by atoms with Crippen LogP contribution in [0.15, 0.2) is 0 Å². The van der Waals surface area contributed by atoms with E-state index in [0.29, 0.717) is 6.04 Å². The highest BCUT2D eigenvalue weighted by molar-refractivity contribution is 4.99. The molecule has 2 aliphatic rings. The maximum atomic E-state index is 9.59. The maximum Gasteiger partial charge on any atom is 0.0613 e. The lowest BCUT2D eigenvalue weighted by Crippen LogP contribution is -2.46. The molecule has 0 bridgehead atoms. The van der Waals surface area contributed by atoms with Crippen LogP contribution in [0.3, 0.4) is 0 Å². The number of nitrogens with zero attached hydrogens (tertiary/aromatic N) is 1. The summed E-state index contributed by atoms with van der Waals surface area (Å²) in [4.78, 5) is 2.70. The average molecular weight is 254 g/mol. The fourth-order valence-electron chi connectivity index (χ4n) is 3.82. The molecular formula is C15H30N2O. The zero-order valence-electron chi connectivity index (χ0n) is 12.1. The van der Waals surface area contributed by atoms with Gasteiger partial charge in [-0.2, -0.15) is 0 Å². The first-order chi connectivity index (χ1) is 8.73. The van der Waals surface area contributed by atoms with Gasteiger partial charge in [0.25, 0.3) is 0 Å². The van der Waals surface area contributed by atoms with Gasteiger partial charge in [-0.05, 0) is 64.6 Å². The summed E-state index contributed by atoms with van der Waals surface area (Å²) in [6.07, 6.45) is 8.99. The van der Waals surface area contributed by atoms with E-state index in [9.17, 15) is 5.11 Å². The Hall–Kier alpha value is -0.120. The standard InChI is InChI=1S/C15H30N2O/c1-3-13-5-4-9-17(10-7-13)14-6-8-15(11-14,12-18)16-2/h13-14,16,18H,3-12H2,1-2H3. The van der Waals surface area contributed by atoms with Crippen molar-refractivity contribution >= 4 is 0 Å². The van der Waals surface area contributed by atoms with Crippen LogP contribution in [-0.2, 0) is 0 Å². The highest BCUT2D eigenvalue weighted by Crippen LogP contribution is 2.34. The Morgan fingerprint density at radius 1 is 1.28 bits per heavy atom. The minimum Gasteiger partial charge on any atom is -0.394 e. The van der Waals surface area contributed by atoms with E-state index in [4.69, 9.17) is 0 Å². The molecule has 106 valence electrons. The predicted molar refractivity (Wildman–Crippen MR) is 75.7 cm³/mol. The first kappa shape index (κ1) is 14.3. The van der Waals surface area contributed by atoms with E-state index in [2.05, 4.69) is 17.1 Å². The summed E-state index contributed by atoms with van der Waals surface area (Å²) in [6, 6.07) is 0.695. The Morgan fingerprint density at radius 2 is 2.11 bits per heavy atom. The first-order valence-corrected chi connectivity index (χ1v) is 7.77. The van der Waals surface area contributed by atoms with Crippen LogP contribution in [0.2, 0.25) is 0 Å². The molecule has 3 unspecified atom stereocenters. The molecule has 0 spiro atoms. The largest absolute Gasteiger partial charge is 0.394 e. The van der Waals surface area contributed by atoms with Crippen molar-refractivity contribution in [3.63, 3.8) is 0 Å². The molecule has 0 aromatic carbocycles. The van der Waals surface area contributed by atoms with Gasteiger partial charge in [-0.15, -0.1) is 0 Å². The van der Waals surface area contributed by atoms with Crippen molar-refractivity contribution in [1.82, 2.24) is 10.2 Å². The van der Waals surface area contributed by atoms with Crippen LogP contribution in [0.4, 0.5) is 0 Å². The van der Waals surface area contributed by atoms with Crippen molar-refractivity contribution in [3.8, 4) is 0 Å². The van der Waals surface area contributed by atoms with E-state index in [-0.39, 0.29) is 12.1 Å². The molecule has 3 nitrogen and oxygen atoms in total. The van der Waals surface area contributed by atoms with Gasteiger partial charge < -0.3 is 15.3 Å². The van der Waals surface area contributed by atoms with Crippen molar-refractivity contribution in [3.05, 3.63) is 0 Å². The van der Waals surface area contributed by atoms with Crippen molar-refractivity contribution < 1.29 is 5.11 Å². The van der Waals surface area contributed by atoms with Gasteiger partial charge in [-0.3, -0.25) is 0 Å². The van der Waals surface area contributed by atoms with E-state index < -0.39 is 0 Å². The molecule has 1 saturated heterocycles. The van der Waals surface area contributed by atoms with Crippen LogP contribution >= 0.6 is 0 Å². The molecule has 0 aromatic rings. The second kappa shape index (κ2) is 6.36. The summed E-state index contributed by atoms with van der Waals surface area (Å²) < 4.78 is 0. The van der Waals surface area contributed by atoms with Gasteiger partial charge in [-0.25, -0.2) is 0 Å². The summed E-state index contributed by atoms with van der Waals surface area (Å²) in [5, 5.41) is 12.9. The average Bonchev–Trinajstić information content (AvgIpc) is 2.70.